The van der Waals surface area contributed by atoms with Gasteiger partial charge in [0.25, 0.3) is 0 Å². The zero-order valence-electron chi connectivity index (χ0n) is 9.78. The monoisotopic (exact) mass is 243 g/mol. The van der Waals surface area contributed by atoms with Crippen LogP contribution in [-0.2, 0) is 16.1 Å². The van der Waals surface area contributed by atoms with E-state index < -0.39 is 0 Å². The minimum Gasteiger partial charge on any atom is -0.467 e. The average molecular weight is 243 g/mol. The van der Waals surface area contributed by atoms with E-state index in [0.29, 0.717) is 5.76 Å². The molecular weight excluding hydrogens is 230 g/mol. The van der Waals surface area contributed by atoms with Gasteiger partial charge in [-0.05, 0) is 30.4 Å². The van der Waals surface area contributed by atoms with Crippen molar-refractivity contribution in [3.63, 3.8) is 0 Å². The maximum atomic E-state index is 12.3. The Labute approximate surface area is 104 Å². The maximum Gasteiger partial charge on any atom is 0.234 e. The first-order valence-electron chi connectivity index (χ1n) is 6.31. The molecule has 2 bridgehead atoms. The molecule has 2 aliphatic carbocycles. The van der Waals surface area contributed by atoms with Crippen LogP contribution in [0.4, 0.5) is 0 Å². The standard InChI is InChI=1S/C14H13NO3/c16-13-11-8-3-4-9(6-8)12(11)14(17)15(13)7-10-2-1-5-18-10/h1-5,8-9,11-12H,6-7H2/t8-,9-,11-,12+/m1/s1. The van der Waals surface area contributed by atoms with Crippen LogP contribution >= 0.6 is 0 Å². The van der Waals surface area contributed by atoms with Crippen LogP contribution in [0.5, 0.6) is 0 Å². The van der Waals surface area contributed by atoms with Gasteiger partial charge >= 0.3 is 0 Å². The lowest BCUT2D eigenvalue weighted by Gasteiger charge is -2.15. The van der Waals surface area contributed by atoms with Gasteiger partial charge < -0.3 is 4.42 Å². The number of furan rings is 1. The molecule has 4 rings (SSSR count). The molecule has 4 atom stereocenters. The Morgan fingerprint density at radius 2 is 1.83 bits per heavy atom. The first-order chi connectivity index (χ1) is 8.75. The molecule has 0 aromatic carbocycles. The van der Waals surface area contributed by atoms with Crippen LogP contribution < -0.4 is 0 Å². The van der Waals surface area contributed by atoms with E-state index in [1.807, 2.05) is 0 Å². The number of amides is 2. The van der Waals surface area contributed by atoms with Gasteiger partial charge in [0, 0.05) is 0 Å². The molecule has 1 saturated heterocycles. The average Bonchev–Trinajstić information content (AvgIpc) is 3.10. The lowest BCUT2D eigenvalue weighted by molar-refractivity contribution is -0.141. The first-order valence-corrected chi connectivity index (χ1v) is 6.31. The highest BCUT2D eigenvalue weighted by Gasteiger charge is 2.59. The topological polar surface area (TPSA) is 50.5 Å². The van der Waals surface area contributed by atoms with Gasteiger partial charge in [-0.1, -0.05) is 12.2 Å². The summed E-state index contributed by atoms with van der Waals surface area (Å²) >= 11 is 0. The number of imide groups is 1. The van der Waals surface area contributed by atoms with Crippen LogP contribution in [0.1, 0.15) is 12.2 Å². The summed E-state index contributed by atoms with van der Waals surface area (Å²) in [5.41, 5.74) is 0. The molecule has 1 saturated carbocycles. The van der Waals surface area contributed by atoms with Crippen LogP contribution in [0.15, 0.2) is 35.0 Å². The molecule has 18 heavy (non-hydrogen) atoms. The second kappa shape index (κ2) is 3.34. The van der Waals surface area contributed by atoms with Gasteiger partial charge in [-0.2, -0.15) is 0 Å². The van der Waals surface area contributed by atoms with Gasteiger partial charge in [0.15, 0.2) is 0 Å². The smallest absolute Gasteiger partial charge is 0.234 e. The molecule has 1 aromatic rings. The highest BCUT2D eigenvalue weighted by molar-refractivity contribution is 6.06. The molecule has 0 spiro atoms. The normalized spacial score (nSPS) is 36.8. The fourth-order valence-corrected chi connectivity index (χ4v) is 3.68. The van der Waals surface area contributed by atoms with Gasteiger partial charge in [-0.3, -0.25) is 14.5 Å². The third-order valence-electron chi connectivity index (χ3n) is 4.46. The second-order valence-corrected chi connectivity index (χ2v) is 5.34. The molecule has 4 nitrogen and oxygen atoms in total. The summed E-state index contributed by atoms with van der Waals surface area (Å²) in [6.07, 6.45) is 6.74. The van der Waals surface area contributed by atoms with E-state index in [1.165, 1.54) is 4.90 Å². The van der Waals surface area contributed by atoms with E-state index >= 15 is 0 Å². The van der Waals surface area contributed by atoms with Crippen molar-refractivity contribution in [3.05, 3.63) is 36.3 Å². The Balaban J connectivity index is 1.64. The number of carbonyl (C=O) groups is 2. The SMILES string of the molecule is O=C1[C@@H]2[C@H](C(=O)N1Cc1ccco1)[C@@H]1C=C[C@@H]2C1. The predicted molar refractivity (Wildman–Crippen MR) is 62.0 cm³/mol. The number of allylic oxidation sites excluding steroid dienone is 2. The number of likely N-dealkylation sites (tertiary alicyclic amines) is 1. The van der Waals surface area contributed by atoms with Crippen molar-refractivity contribution in [2.45, 2.75) is 13.0 Å². The maximum absolute atomic E-state index is 12.3. The van der Waals surface area contributed by atoms with Crippen LogP contribution in [0.2, 0.25) is 0 Å². The zero-order valence-corrected chi connectivity index (χ0v) is 9.78. The van der Waals surface area contributed by atoms with Gasteiger partial charge in [0.2, 0.25) is 11.8 Å². The van der Waals surface area contributed by atoms with Crippen LogP contribution in [0.3, 0.4) is 0 Å². The largest absolute Gasteiger partial charge is 0.467 e. The van der Waals surface area contributed by atoms with Crippen molar-refractivity contribution < 1.29 is 14.0 Å². The Hall–Kier alpha value is -1.84. The van der Waals surface area contributed by atoms with Gasteiger partial charge in [-0.15, -0.1) is 0 Å². The summed E-state index contributed by atoms with van der Waals surface area (Å²) in [5, 5.41) is 0. The van der Waals surface area contributed by atoms with Crippen molar-refractivity contribution in [1.29, 1.82) is 0 Å². The summed E-state index contributed by atoms with van der Waals surface area (Å²) in [6, 6.07) is 3.56. The van der Waals surface area contributed by atoms with Crippen molar-refractivity contribution in [2.75, 3.05) is 0 Å². The van der Waals surface area contributed by atoms with E-state index in [2.05, 4.69) is 12.2 Å². The Morgan fingerprint density at radius 1 is 1.17 bits per heavy atom. The molecule has 2 amide bonds. The van der Waals surface area contributed by atoms with Crippen LogP contribution in [0, 0.1) is 23.7 Å². The molecule has 1 aromatic heterocycles. The fourth-order valence-electron chi connectivity index (χ4n) is 3.68. The number of hydrogen-bond donors (Lipinski definition) is 0. The Kier molecular flexibility index (Phi) is 1.88. The van der Waals surface area contributed by atoms with E-state index in [4.69, 9.17) is 4.42 Å². The molecule has 3 aliphatic rings. The van der Waals surface area contributed by atoms with Gasteiger partial charge in [0.05, 0.1) is 24.6 Å². The van der Waals surface area contributed by atoms with Gasteiger partial charge in [-0.25, -0.2) is 0 Å². The summed E-state index contributed by atoms with van der Waals surface area (Å²) in [5.74, 6) is 0.967. The quantitative estimate of drug-likeness (QED) is 0.585. The number of carbonyl (C=O) groups excluding carboxylic acids is 2. The highest BCUT2D eigenvalue weighted by Crippen LogP contribution is 2.52. The summed E-state index contributed by atoms with van der Waals surface area (Å²) < 4.78 is 5.22. The Morgan fingerprint density at radius 3 is 2.39 bits per heavy atom. The predicted octanol–water partition coefficient (Wildman–Crippen LogP) is 1.59. The molecule has 0 unspecified atom stereocenters. The molecule has 1 aliphatic heterocycles. The second-order valence-electron chi connectivity index (χ2n) is 5.34. The molecule has 92 valence electrons. The lowest BCUT2D eigenvalue weighted by atomic mass is 9.85. The molecule has 0 radical (unpaired) electrons. The molecule has 2 heterocycles. The minimum absolute atomic E-state index is 0.0155. The number of rotatable bonds is 2. The summed E-state index contributed by atoms with van der Waals surface area (Å²) in [6.45, 7) is 0.275. The molecular formula is C14H13NO3. The van der Waals surface area contributed by atoms with E-state index in [-0.39, 0.29) is 42.0 Å². The molecule has 0 N–H and O–H groups in total. The van der Waals surface area contributed by atoms with Crippen molar-refractivity contribution in [1.82, 2.24) is 4.90 Å². The number of fused-ring (bicyclic) bond motifs is 5. The summed E-state index contributed by atoms with van der Waals surface area (Å²) in [4.78, 5) is 26.1. The number of nitrogens with zero attached hydrogens (tertiary/aromatic N) is 1. The first kappa shape index (κ1) is 10.1. The molecule has 4 heteroatoms. The van der Waals surface area contributed by atoms with E-state index in [0.717, 1.165) is 6.42 Å². The van der Waals surface area contributed by atoms with E-state index in [9.17, 15) is 9.59 Å². The van der Waals surface area contributed by atoms with Crippen LogP contribution in [-0.4, -0.2) is 16.7 Å². The third-order valence-corrected chi connectivity index (χ3v) is 4.46. The Bertz CT molecular complexity index is 515. The van der Waals surface area contributed by atoms with Crippen molar-refractivity contribution in [3.8, 4) is 0 Å². The van der Waals surface area contributed by atoms with Crippen LogP contribution in [0.25, 0.3) is 0 Å². The highest BCUT2D eigenvalue weighted by atomic mass is 16.3. The summed E-state index contributed by atoms with van der Waals surface area (Å²) in [7, 11) is 0. The minimum atomic E-state index is -0.109. The fraction of sp³-hybridized carbons (Fsp3) is 0.429. The third kappa shape index (κ3) is 1.15. The van der Waals surface area contributed by atoms with Crippen molar-refractivity contribution >= 4 is 11.8 Å². The van der Waals surface area contributed by atoms with Crippen molar-refractivity contribution in [2.24, 2.45) is 23.7 Å². The lowest BCUT2D eigenvalue weighted by Crippen LogP contribution is -2.32. The molecule has 2 fully saturated rings. The van der Waals surface area contributed by atoms with Gasteiger partial charge in [0.1, 0.15) is 5.76 Å². The number of hydrogen-bond acceptors (Lipinski definition) is 3. The zero-order chi connectivity index (χ0) is 12.3. The van der Waals surface area contributed by atoms with E-state index in [1.54, 1.807) is 18.4 Å².